The summed E-state index contributed by atoms with van der Waals surface area (Å²) in [7, 11) is 3.59. The highest BCUT2D eigenvalue weighted by molar-refractivity contribution is 7.99. The van der Waals surface area contributed by atoms with Gasteiger partial charge >= 0.3 is 5.16 Å². The van der Waals surface area contributed by atoms with Crippen LogP contribution >= 0.6 is 11.8 Å². The first-order valence-electron chi connectivity index (χ1n) is 12.2. The average Bonchev–Trinajstić information content (AvgIpc) is 3.27. The van der Waals surface area contributed by atoms with Crippen LogP contribution in [0.1, 0.15) is 10.4 Å². The fourth-order valence-electron chi connectivity index (χ4n) is 4.51. The number of fused-ring (bicyclic) bond motifs is 1. The van der Waals surface area contributed by atoms with Gasteiger partial charge < -0.3 is 19.9 Å². The number of imidazole rings is 1. The topological polar surface area (TPSA) is 81.5 Å². The van der Waals surface area contributed by atoms with Crippen molar-refractivity contribution in [3.8, 4) is 5.75 Å². The number of carbonyl (C=O) groups is 2. The van der Waals surface area contributed by atoms with Crippen molar-refractivity contribution in [3.05, 3.63) is 78.4 Å². The minimum absolute atomic E-state index is 0.0236. The zero-order valence-electron chi connectivity index (χ0n) is 20.9. The number of nitrogens with one attached hydrogen (secondary N) is 2. The molecular formula is C28H30N5O3S+. The molecule has 1 aliphatic heterocycles. The number of methoxy groups -OCH3 is 1. The lowest BCUT2D eigenvalue weighted by Gasteiger charge is -2.36. The Bertz CT molecular complexity index is 1410. The molecule has 0 spiro atoms. The molecule has 2 amide bonds. The molecule has 1 aromatic heterocycles. The summed E-state index contributed by atoms with van der Waals surface area (Å²) in [4.78, 5) is 32.9. The maximum atomic E-state index is 12.9. The molecule has 2 N–H and O–H groups in total. The number of aromatic nitrogens is 2. The van der Waals surface area contributed by atoms with E-state index in [1.165, 1.54) is 11.8 Å². The van der Waals surface area contributed by atoms with E-state index in [2.05, 4.69) is 25.8 Å². The van der Waals surface area contributed by atoms with Crippen LogP contribution in [0, 0.1) is 0 Å². The van der Waals surface area contributed by atoms with Gasteiger partial charge in [-0.15, -0.1) is 0 Å². The van der Waals surface area contributed by atoms with Crippen LogP contribution in [0.5, 0.6) is 5.75 Å². The van der Waals surface area contributed by atoms with Crippen molar-refractivity contribution in [1.82, 2.24) is 9.88 Å². The molecule has 190 valence electrons. The maximum Gasteiger partial charge on any atom is 0.317 e. The number of rotatable bonds is 7. The van der Waals surface area contributed by atoms with Gasteiger partial charge in [-0.25, -0.2) is 9.55 Å². The number of nitrogens with zero attached hydrogens (tertiary/aromatic N) is 3. The van der Waals surface area contributed by atoms with Gasteiger partial charge in [-0.1, -0.05) is 18.2 Å². The smallest absolute Gasteiger partial charge is 0.317 e. The highest BCUT2D eigenvalue weighted by Gasteiger charge is 2.23. The van der Waals surface area contributed by atoms with Crippen molar-refractivity contribution in [3.63, 3.8) is 0 Å². The monoisotopic (exact) mass is 516 g/mol. The molecule has 1 saturated heterocycles. The summed E-state index contributed by atoms with van der Waals surface area (Å²) in [6.45, 7) is 2.80. The molecule has 0 bridgehead atoms. The molecule has 2 heterocycles. The predicted molar refractivity (Wildman–Crippen MR) is 146 cm³/mol. The van der Waals surface area contributed by atoms with E-state index in [9.17, 15) is 9.59 Å². The number of aromatic amines is 1. The molecule has 0 aliphatic carbocycles. The van der Waals surface area contributed by atoms with Gasteiger partial charge in [0.1, 0.15) is 5.75 Å². The lowest BCUT2D eigenvalue weighted by Crippen LogP contribution is -2.48. The van der Waals surface area contributed by atoms with Crippen LogP contribution in [0.15, 0.2) is 78.0 Å². The number of para-hydroxylation sites is 2. The minimum Gasteiger partial charge on any atom is -0.497 e. The molecule has 0 atom stereocenters. The third kappa shape index (κ3) is 5.56. The summed E-state index contributed by atoms with van der Waals surface area (Å²) in [6.07, 6.45) is 0. The Hall–Kier alpha value is -3.98. The fourth-order valence-corrected chi connectivity index (χ4v) is 5.32. The van der Waals surface area contributed by atoms with Crippen LogP contribution in [0.25, 0.3) is 11.0 Å². The zero-order valence-corrected chi connectivity index (χ0v) is 21.8. The third-order valence-corrected chi connectivity index (χ3v) is 7.61. The number of piperazine rings is 1. The molecular weight excluding hydrogens is 486 g/mol. The van der Waals surface area contributed by atoms with E-state index in [0.29, 0.717) is 30.2 Å². The zero-order chi connectivity index (χ0) is 25.8. The van der Waals surface area contributed by atoms with Crippen molar-refractivity contribution in [1.29, 1.82) is 0 Å². The molecule has 9 heteroatoms. The Morgan fingerprint density at radius 1 is 1.00 bits per heavy atom. The van der Waals surface area contributed by atoms with Gasteiger partial charge in [0.2, 0.25) is 5.91 Å². The lowest BCUT2D eigenvalue weighted by molar-refractivity contribution is -0.683. The first-order valence-corrected chi connectivity index (χ1v) is 13.2. The van der Waals surface area contributed by atoms with E-state index in [1.54, 1.807) is 13.2 Å². The fraction of sp³-hybridized carbons (Fsp3) is 0.250. The average molecular weight is 517 g/mol. The number of H-pyrrole nitrogens is 1. The number of benzene rings is 3. The Balaban J connectivity index is 1.12. The number of thioether (sulfide) groups is 1. The highest BCUT2D eigenvalue weighted by Crippen LogP contribution is 2.22. The third-order valence-electron chi connectivity index (χ3n) is 6.55. The van der Waals surface area contributed by atoms with Gasteiger partial charge in [-0.2, -0.15) is 0 Å². The molecule has 37 heavy (non-hydrogen) atoms. The second-order valence-corrected chi connectivity index (χ2v) is 9.87. The van der Waals surface area contributed by atoms with E-state index in [1.807, 2.05) is 72.6 Å². The predicted octanol–water partition coefficient (Wildman–Crippen LogP) is 3.69. The second-order valence-electron chi connectivity index (χ2n) is 8.90. The van der Waals surface area contributed by atoms with Gasteiger partial charge in [0.25, 0.3) is 5.91 Å². The largest absolute Gasteiger partial charge is 0.497 e. The number of hydrogen-bond acceptors (Lipinski definition) is 5. The van der Waals surface area contributed by atoms with Crippen LogP contribution < -0.4 is 19.5 Å². The van der Waals surface area contributed by atoms with E-state index in [-0.39, 0.29) is 11.8 Å². The molecule has 1 aliphatic rings. The normalized spacial score (nSPS) is 13.6. The quantitative estimate of drug-likeness (QED) is 0.289. The summed E-state index contributed by atoms with van der Waals surface area (Å²) in [5, 5.41) is 3.92. The first-order chi connectivity index (χ1) is 18.0. The molecule has 8 nitrogen and oxygen atoms in total. The van der Waals surface area contributed by atoms with Crippen LogP contribution in [0.3, 0.4) is 0 Å². The Morgan fingerprint density at radius 2 is 1.76 bits per heavy atom. The van der Waals surface area contributed by atoms with Crippen LogP contribution in [-0.2, 0) is 11.8 Å². The lowest BCUT2D eigenvalue weighted by atomic mass is 10.1. The molecule has 1 fully saturated rings. The van der Waals surface area contributed by atoms with E-state index in [4.69, 9.17) is 4.74 Å². The summed E-state index contributed by atoms with van der Waals surface area (Å²) in [5.41, 5.74) is 4.64. The van der Waals surface area contributed by atoms with Crippen molar-refractivity contribution in [2.75, 3.05) is 49.3 Å². The van der Waals surface area contributed by atoms with Crippen LogP contribution in [0.2, 0.25) is 0 Å². The van der Waals surface area contributed by atoms with E-state index in [0.717, 1.165) is 40.7 Å². The summed E-state index contributed by atoms with van der Waals surface area (Å²) in [5.74, 6) is 0.963. The molecule has 0 radical (unpaired) electrons. The molecule has 0 saturated carbocycles. The molecule has 4 aromatic rings. The van der Waals surface area contributed by atoms with E-state index < -0.39 is 0 Å². The van der Waals surface area contributed by atoms with Crippen LogP contribution in [-0.4, -0.2) is 60.7 Å². The van der Waals surface area contributed by atoms with Crippen LogP contribution in [0.4, 0.5) is 11.4 Å². The van der Waals surface area contributed by atoms with Gasteiger partial charge in [-0.3, -0.25) is 9.59 Å². The maximum absolute atomic E-state index is 12.9. The SMILES string of the molecule is COc1cccc(C(=O)N2CCN(c3ccc(NC(=O)CSc4[nH]c5ccccc5[n+]4C)cc3)CC2)c1. The number of ether oxygens (including phenoxy) is 1. The summed E-state index contributed by atoms with van der Waals surface area (Å²) >= 11 is 1.48. The van der Waals surface area contributed by atoms with Crippen molar-refractivity contribution >= 4 is 46.0 Å². The number of aryl methyl sites for hydroxylation is 1. The number of anilines is 2. The second kappa shape index (κ2) is 11.0. The molecule has 5 rings (SSSR count). The Kier molecular flexibility index (Phi) is 7.32. The number of amides is 2. The van der Waals surface area contributed by atoms with Crippen molar-refractivity contribution in [2.45, 2.75) is 5.16 Å². The first kappa shape index (κ1) is 24.7. The Labute approximate surface area is 220 Å². The standard InChI is InChI=1S/C28H29N5O3S/c1-31-25-9-4-3-8-24(25)30-28(31)37-19-26(34)29-21-10-12-22(13-11-21)32-14-16-33(17-15-32)27(35)20-6-5-7-23(18-20)36-2/h3-13,18H,14-17,19H2,1-2H3,(H,29,34)/p+1. The van der Waals surface area contributed by atoms with Gasteiger partial charge in [0.05, 0.1) is 19.9 Å². The van der Waals surface area contributed by atoms with Gasteiger partial charge in [-0.05, 0) is 66.4 Å². The van der Waals surface area contributed by atoms with Crippen molar-refractivity contribution in [2.24, 2.45) is 7.05 Å². The molecule has 3 aromatic carbocycles. The minimum atomic E-state index is -0.0546. The molecule has 0 unspecified atom stereocenters. The highest BCUT2D eigenvalue weighted by atomic mass is 32.2. The number of carbonyl (C=O) groups excluding carboxylic acids is 2. The number of hydrogen-bond donors (Lipinski definition) is 2. The van der Waals surface area contributed by atoms with Gasteiger partial charge in [0, 0.05) is 43.1 Å². The summed E-state index contributed by atoms with van der Waals surface area (Å²) < 4.78 is 7.30. The summed E-state index contributed by atoms with van der Waals surface area (Å²) in [6, 6.07) is 23.2. The van der Waals surface area contributed by atoms with Gasteiger partial charge in [0.15, 0.2) is 11.0 Å². The Morgan fingerprint density at radius 3 is 2.49 bits per heavy atom. The van der Waals surface area contributed by atoms with Crippen molar-refractivity contribution < 1.29 is 18.9 Å². The van der Waals surface area contributed by atoms with E-state index >= 15 is 0 Å².